The fourth-order valence-electron chi connectivity index (χ4n) is 7.28. The number of carbonyl (C=O) groups excluding carboxylic acids is 2. The Balaban J connectivity index is 1.83. The van der Waals surface area contributed by atoms with E-state index in [4.69, 9.17) is 0 Å². The van der Waals surface area contributed by atoms with Gasteiger partial charge in [0.1, 0.15) is 5.78 Å². The number of azide groups is 1. The van der Waals surface area contributed by atoms with E-state index in [0.717, 1.165) is 32.1 Å². The van der Waals surface area contributed by atoms with Crippen molar-refractivity contribution in [1.29, 1.82) is 0 Å². The van der Waals surface area contributed by atoms with Crippen LogP contribution in [0.25, 0.3) is 10.4 Å². The van der Waals surface area contributed by atoms with E-state index in [0.29, 0.717) is 18.6 Å². The first-order chi connectivity index (χ1) is 13.6. The number of hydrogen-bond donors (Lipinski definition) is 1. The molecule has 4 aliphatic carbocycles. The lowest BCUT2D eigenvalue weighted by atomic mass is 9.44. The zero-order valence-electron chi connectivity index (χ0n) is 16.5. The number of rotatable bonds is 4. The predicted octanol–water partition coefficient (Wildman–Crippen LogP) is 3.49. The van der Waals surface area contributed by atoms with Gasteiger partial charge in [0, 0.05) is 28.6 Å². The molecule has 158 valence electrons. The largest absolute Gasteiger partial charge is 0.299 e. The van der Waals surface area contributed by atoms with Crippen molar-refractivity contribution >= 4 is 21.7 Å². The maximum Gasteiger partial charge on any atom is 0.265 e. The molecule has 0 aromatic rings. The lowest BCUT2D eigenvalue weighted by Crippen LogP contribution is -2.58. The fraction of sp³-hybridized carbons (Fsp3) is 0.800. The maximum absolute atomic E-state index is 12.6. The van der Waals surface area contributed by atoms with Crippen LogP contribution in [0.1, 0.15) is 51.9 Å². The standard InChI is InChI=1S/C20H27N3O5S/c1-19-8-7-16-14(15(19)4-5-18(19)25)3-2-12-10-13(24)6-9-20(12,16)17(22-23-21)11-29(26,27)28/h6,9,12,14-17H,2-5,7-8,10-11H2,1H3,(H,26,27,28)/t12?,14-,15-,16-,17?,19-,20+/m1/s1. The summed E-state index contributed by atoms with van der Waals surface area (Å²) >= 11 is 0. The third-order valence-corrected chi connectivity index (χ3v) is 9.22. The van der Waals surface area contributed by atoms with Gasteiger partial charge in [-0.25, -0.2) is 0 Å². The number of ketones is 2. The van der Waals surface area contributed by atoms with Crippen LogP contribution in [-0.4, -0.2) is 36.3 Å². The number of carbonyl (C=O) groups is 2. The molecule has 0 bridgehead atoms. The maximum atomic E-state index is 12.6. The van der Waals surface area contributed by atoms with Crippen molar-refractivity contribution in [3.8, 4) is 0 Å². The summed E-state index contributed by atoms with van der Waals surface area (Å²) in [4.78, 5) is 27.7. The normalized spacial score (nSPS) is 42.4. The van der Waals surface area contributed by atoms with Crippen LogP contribution in [0.3, 0.4) is 0 Å². The number of nitrogens with zero attached hydrogens (tertiary/aromatic N) is 3. The Labute approximate surface area is 170 Å². The van der Waals surface area contributed by atoms with Crippen LogP contribution in [-0.2, 0) is 19.7 Å². The molecule has 2 unspecified atom stereocenters. The molecule has 0 aromatic heterocycles. The SMILES string of the molecule is C[C@@]12CC[C@@H]3[C@H](CCC4CC(=O)C=C[C@]43C(CS(=O)(=O)O)N=[N+]=[N-])[C@H]1CCC2=O. The van der Waals surface area contributed by atoms with Crippen molar-refractivity contribution < 1.29 is 22.6 Å². The van der Waals surface area contributed by atoms with Crippen LogP contribution in [0.5, 0.6) is 0 Å². The molecule has 8 nitrogen and oxygen atoms in total. The first-order valence-electron chi connectivity index (χ1n) is 10.4. The van der Waals surface area contributed by atoms with Crippen LogP contribution in [0.4, 0.5) is 0 Å². The van der Waals surface area contributed by atoms with E-state index in [2.05, 4.69) is 16.9 Å². The lowest BCUT2D eigenvalue weighted by molar-refractivity contribution is -0.137. The minimum atomic E-state index is -4.38. The van der Waals surface area contributed by atoms with Gasteiger partial charge in [-0.1, -0.05) is 18.1 Å². The smallest absolute Gasteiger partial charge is 0.265 e. The van der Waals surface area contributed by atoms with Crippen molar-refractivity contribution in [2.24, 2.45) is 39.6 Å². The molecule has 4 rings (SSSR count). The number of allylic oxidation sites excluding steroid dienone is 1. The molecular weight excluding hydrogens is 394 g/mol. The van der Waals surface area contributed by atoms with E-state index < -0.39 is 27.3 Å². The van der Waals surface area contributed by atoms with Gasteiger partial charge in [0.05, 0.1) is 11.8 Å². The van der Waals surface area contributed by atoms with E-state index in [1.165, 1.54) is 6.08 Å². The summed E-state index contributed by atoms with van der Waals surface area (Å²) < 4.78 is 33.1. The lowest BCUT2D eigenvalue weighted by Gasteiger charge is -2.60. The highest BCUT2D eigenvalue weighted by molar-refractivity contribution is 7.85. The molecule has 0 saturated heterocycles. The van der Waals surface area contributed by atoms with Gasteiger partial charge in [-0.05, 0) is 67.4 Å². The summed E-state index contributed by atoms with van der Waals surface area (Å²) in [5.41, 5.74) is 8.05. The van der Waals surface area contributed by atoms with E-state index in [9.17, 15) is 28.1 Å². The Hall–Kier alpha value is -1.70. The van der Waals surface area contributed by atoms with Crippen LogP contribution in [0, 0.1) is 34.5 Å². The van der Waals surface area contributed by atoms with Crippen molar-refractivity contribution in [3.05, 3.63) is 22.6 Å². The second kappa shape index (κ2) is 6.93. The van der Waals surface area contributed by atoms with Crippen molar-refractivity contribution in [1.82, 2.24) is 0 Å². The summed E-state index contributed by atoms with van der Waals surface area (Å²) in [6, 6.07) is -0.980. The van der Waals surface area contributed by atoms with Crippen LogP contribution >= 0.6 is 0 Å². The fourth-order valence-corrected chi connectivity index (χ4v) is 8.04. The molecule has 1 N–H and O–H groups in total. The second-order valence-electron chi connectivity index (χ2n) is 9.54. The molecule has 7 atom stereocenters. The first kappa shape index (κ1) is 20.6. The molecule has 0 heterocycles. The molecule has 0 amide bonds. The molecular formula is C20H27N3O5S. The molecule has 9 heteroatoms. The average Bonchev–Trinajstić information content (AvgIpc) is 2.95. The highest BCUT2D eigenvalue weighted by Crippen LogP contribution is 2.65. The molecule has 29 heavy (non-hydrogen) atoms. The highest BCUT2D eigenvalue weighted by Gasteiger charge is 2.62. The van der Waals surface area contributed by atoms with Crippen molar-refractivity contribution in [2.45, 2.75) is 57.9 Å². The highest BCUT2D eigenvalue weighted by atomic mass is 32.2. The third-order valence-electron chi connectivity index (χ3n) is 8.49. The molecule has 0 aliphatic heterocycles. The van der Waals surface area contributed by atoms with Gasteiger partial charge < -0.3 is 0 Å². The van der Waals surface area contributed by atoms with Gasteiger partial charge >= 0.3 is 0 Å². The van der Waals surface area contributed by atoms with Crippen LogP contribution in [0.15, 0.2) is 17.3 Å². The van der Waals surface area contributed by atoms with Crippen molar-refractivity contribution in [2.75, 3.05) is 5.75 Å². The Morgan fingerprint density at radius 1 is 1.28 bits per heavy atom. The first-order valence-corrected chi connectivity index (χ1v) is 12.0. The predicted molar refractivity (Wildman–Crippen MR) is 105 cm³/mol. The topological polar surface area (TPSA) is 137 Å². The average molecular weight is 422 g/mol. The van der Waals surface area contributed by atoms with Gasteiger partial charge in [-0.15, -0.1) is 0 Å². The van der Waals surface area contributed by atoms with Crippen LogP contribution in [0.2, 0.25) is 0 Å². The van der Waals surface area contributed by atoms with Gasteiger partial charge in [0.2, 0.25) is 0 Å². The number of Topliss-reactive ketones (excluding diaryl/α,β-unsaturated/α-hetero) is 1. The summed E-state index contributed by atoms with van der Waals surface area (Å²) in [5, 5.41) is 3.85. The van der Waals surface area contributed by atoms with Gasteiger partial charge in [-0.3, -0.25) is 14.1 Å². The number of hydrogen-bond acceptors (Lipinski definition) is 5. The second-order valence-corrected chi connectivity index (χ2v) is 11.0. The summed E-state index contributed by atoms with van der Waals surface area (Å²) in [6.45, 7) is 2.06. The van der Waals surface area contributed by atoms with Crippen molar-refractivity contribution in [3.63, 3.8) is 0 Å². The van der Waals surface area contributed by atoms with Gasteiger partial charge in [-0.2, -0.15) is 8.42 Å². The Morgan fingerprint density at radius 3 is 2.72 bits per heavy atom. The zero-order valence-corrected chi connectivity index (χ0v) is 17.3. The molecule has 0 radical (unpaired) electrons. The summed E-state index contributed by atoms with van der Waals surface area (Å²) in [7, 11) is -4.38. The third kappa shape index (κ3) is 3.14. The quantitative estimate of drug-likeness (QED) is 0.320. The summed E-state index contributed by atoms with van der Waals surface area (Å²) in [5.74, 6) is -0.00633. The zero-order chi connectivity index (χ0) is 21.0. The monoisotopic (exact) mass is 421 g/mol. The number of fused-ring (bicyclic) bond motifs is 5. The molecule has 3 saturated carbocycles. The van der Waals surface area contributed by atoms with E-state index >= 15 is 0 Å². The Bertz CT molecular complexity index is 924. The Kier molecular flexibility index (Phi) is 4.91. The van der Waals surface area contributed by atoms with E-state index in [1.807, 2.05) is 0 Å². The molecule has 4 aliphatic rings. The minimum absolute atomic E-state index is 0.00712. The molecule has 3 fully saturated rings. The molecule has 0 aromatic carbocycles. The van der Waals surface area contributed by atoms with Crippen LogP contribution < -0.4 is 0 Å². The van der Waals surface area contributed by atoms with Gasteiger partial charge in [0.25, 0.3) is 10.1 Å². The van der Waals surface area contributed by atoms with E-state index in [-0.39, 0.29) is 34.9 Å². The summed E-state index contributed by atoms with van der Waals surface area (Å²) in [6.07, 6.45) is 8.06. The van der Waals surface area contributed by atoms with E-state index in [1.54, 1.807) is 6.08 Å². The molecule has 0 spiro atoms. The Morgan fingerprint density at radius 2 is 2.03 bits per heavy atom. The van der Waals surface area contributed by atoms with Gasteiger partial charge in [0.15, 0.2) is 5.78 Å². The minimum Gasteiger partial charge on any atom is -0.299 e.